The molecule has 0 N–H and O–H groups in total. The van der Waals surface area contributed by atoms with Crippen LogP contribution in [0.3, 0.4) is 0 Å². The molecule has 28 heavy (non-hydrogen) atoms. The number of carbonyl (C=O) groups excluding carboxylic acids is 1. The predicted octanol–water partition coefficient (Wildman–Crippen LogP) is 3.42. The molecule has 2 heterocycles. The largest absolute Gasteiger partial charge is 0.421 e. The maximum Gasteiger partial charge on any atom is 0.421 e. The molecule has 2 aromatic rings. The summed E-state index contributed by atoms with van der Waals surface area (Å²) in [4.78, 5) is 26.5. The molecule has 1 saturated heterocycles. The highest BCUT2D eigenvalue weighted by molar-refractivity contribution is 5.94. The predicted molar refractivity (Wildman–Crippen MR) is 96.2 cm³/mol. The molecule has 0 spiro atoms. The second-order valence-corrected chi connectivity index (χ2v) is 7.41. The van der Waals surface area contributed by atoms with Crippen molar-refractivity contribution in [3.8, 4) is 0 Å². The highest BCUT2D eigenvalue weighted by Crippen LogP contribution is 2.40. The van der Waals surface area contributed by atoms with Gasteiger partial charge >= 0.3 is 6.18 Å². The first-order valence-corrected chi connectivity index (χ1v) is 9.40. The Kier molecular flexibility index (Phi) is 4.72. The summed E-state index contributed by atoms with van der Waals surface area (Å²) in [7, 11) is 0. The summed E-state index contributed by atoms with van der Waals surface area (Å²) in [5, 5.41) is 4.15. The number of halogens is 3. The summed E-state index contributed by atoms with van der Waals surface area (Å²) in [5.41, 5.74) is -0.852. The van der Waals surface area contributed by atoms with Crippen LogP contribution < -0.4 is 5.56 Å². The molecule has 1 aliphatic heterocycles. The van der Waals surface area contributed by atoms with Gasteiger partial charge in [-0.15, -0.1) is 0 Å². The van der Waals surface area contributed by atoms with Gasteiger partial charge in [-0.2, -0.15) is 18.3 Å². The minimum absolute atomic E-state index is 0.00610. The van der Waals surface area contributed by atoms with Crippen LogP contribution in [0.1, 0.15) is 58.8 Å². The molecule has 0 unspecified atom stereocenters. The van der Waals surface area contributed by atoms with E-state index < -0.39 is 17.3 Å². The Morgan fingerprint density at radius 3 is 2.32 bits per heavy atom. The number of alkyl halides is 3. The highest BCUT2D eigenvalue weighted by atomic mass is 19.4. The first kappa shape index (κ1) is 18.7. The first-order chi connectivity index (χ1) is 13.3. The Morgan fingerprint density at radius 1 is 1.11 bits per heavy atom. The van der Waals surface area contributed by atoms with Gasteiger partial charge in [-0.3, -0.25) is 9.59 Å². The van der Waals surface area contributed by atoms with Crippen molar-refractivity contribution in [2.75, 3.05) is 13.1 Å². The third-order valence-corrected chi connectivity index (χ3v) is 5.22. The van der Waals surface area contributed by atoms with E-state index in [1.54, 1.807) is 29.2 Å². The van der Waals surface area contributed by atoms with Crippen molar-refractivity contribution >= 4 is 5.91 Å². The smallest absolute Gasteiger partial charge is 0.339 e. The van der Waals surface area contributed by atoms with E-state index in [0.717, 1.165) is 49.5 Å². The number of carbonyl (C=O) groups is 1. The Morgan fingerprint density at radius 2 is 1.75 bits per heavy atom. The molecule has 1 aliphatic carbocycles. The van der Waals surface area contributed by atoms with Crippen LogP contribution >= 0.6 is 0 Å². The number of benzene rings is 1. The van der Waals surface area contributed by atoms with Gasteiger partial charge in [0.25, 0.3) is 11.5 Å². The summed E-state index contributed by atoms with van der Waals surface area (Å²) in [5.74, 6) is -0.0529. The van der Waals surface area contributed by atoms with E-state index >= 15 is 0 Å². The number of likely N-dealkylation sites (tertiary alicyclic amines) is 1. The fourth-order valence-electron chi connectivity index (χ4n) is 3.48. The maximum atomic E-state index is 13.2. The molecule has 148 valence electrons. The fourth-order valence-corrected chi connectivity index (χ4v) is 3.48. The first-order valence-electron chi connectivity index (χ1n) is 9.40. The van der Waals surface area contributed by atoms with Gasteiger partial charge in [-0.25, -0.2) is 4.68 Å². The molecule has 1 aromatic heterocycles. The molecule has 2 aliphatic rings. The quantitative estimate of drug-likeness (QED) is 0.803. The van der Waals surface area contributed by atoms with Gasteiger partial charge in [0.05, 0.1) is 12.2 Å². The molecule has 0 atom stereocenters. The van der Waals surface area contributed by atoms with E-state index in [0.29, 0.717) is 16.8 Å². The number of rotatable bonds is 4. The lowest BCUT2D eigenvalue weighted by Crippen LogP contribution is -2.31. The van der Waals surface area contributed by atoms with E-state index in [1.807, 2.05) is 0 Å². The zero-order valence-corrected chi connectivity index (χ0v) is 15.2. The van der Waals surface area contributed by atoms with Crippen molar-refractivity contribution in [1.82, 2.24) is 14.7 Å². The summed E-state index contributed by atoms with van der Waals surface area (Å²) >= 11 is 0. The molecule has 8 heteroatoms. The van der Waals surface area contributed by atoms with Gasteiger partial charge in [0, 0.05) is 24.6 Å². The molecular weight excluding hydrogens is 371 g/mol. The zero-order chi connectivity index (χ0) is 19.9. The number of hydrogen-bond acceptors (Lipinski definition) is 3. The fraction of sp³-hybridized carbons (Fsp3) is 0.450. The van der Waals surface area contributed by atoms with Crippen LogP contribution in [0.2, 0.25) is 0 Å². The van der Waals surface area contributed by atoms with Crippen molar-refractivity contribution in [2.24, 2.45) is 0 Å². The van der Waals surface area contributed by atoms with E-state index in [9.17, 15) is 22.8 Å². The lowest BCUT2D eigenvalue weighted by atomic mass is 10.1. The monoisotopic (exact) mass is 391 g/mol. The zero-order valence-electron chi connectivity index (χ0n) is 15.2. The van der Waals surface area contributed by atoms with Crippen LogP contribution in [-0.2, 0) is 12.7 Å². The average molecular weight is 391 g/mol. The van der Waals surface area contributed by atoms with Crippen molar-refractivity contribution in [2.45, 2.75) is 44.3 Å². The number of aromatic nitrogens is 2. The molecule has 0 bridgehead atoms. The summed E-state index contributed by atoms with van der Waals surface area (Å²) in [6.07, 6.45) is -1.14. The topological polar surface area (TPSA) is 55.2 Å². The van der Waals surface area contributed by atoms with Gasteiger partial charge in [0.1, 0.15) is 5.56 Å². The second kappa shape index (κ2) is 7.07. The van der Waals surface area contributed by atoms with Gasteiger partial charge in [0.15, 0.2) is 0 Å². The van der Waals surface area contributed by atoms with E-state index in [1.165, 1.54) is 0 Å². The summed E-state index contributed by atoms with van der Waals surface area (Å²) < 4.78 is 40.6. The van der Waals surface area contributed by atoms with Gasteiger partial charge < -0.3 is 4.90 Å². The third kappa shape index (κ3) is 3.81. The van der Waals surface area contributed by atoms with Crippen molar-refractivity contribution in [1.29, 1.82) is 0 Å². The molecule has 0 radical (unpaired) electrons. The van der Waals surface area contributed by atoms with Crippen LogP contribution in [0.4, 0.5) is 13.2 Å². The Hall–Kier alpha value is -2.64. The maximum absolute atomic E-state index is 13.2. The summed E-state index contributed by atoms with van der Waals surface area (Å²) in [6.45, 7) is 1.42. The number of nitrogens with zero attached hydrogens (tertiary/aromatic N) is 3. The molecule has 1 saturated carbocycles. The minimum atomic E-state index is -4.71. The van der Waals surface area contributed by atoms with E-state index in [2.05, 4.69) is 5.10 Å². The van der Waals surface area contributed by atoms with Gasteiger partial charge in [-0.1, -0.05) is 12.1 Å². The summed E-state index contributed by atoms with van der Waals surface area (Å²) in [6, 6.07) is 7.50. The van der Waals surface area contributed by atoms with Crippen LogP contribution in [0.5, 0.6) is 0 Å². The van der Waals surface area contributed by atoms with Gasteiger partial charge in [-0.05, 0) is 49.4 Å². The van der Waals surface area contributed by atoms with Gasteiger partial charge in [0.2, 0.25) is 0 Å². The standard InChI is InChI=1S/C20H20F3N3O2/c21-20(22,23)16-11-17(14-7-8-14)24-26(19(16)28)12-13-3-5-15(6-4-13)18(27)25-9-1-2-10-25/h3-6,11,14H,1-2,7-10,12H2. The second-order valence-electron chi connectivity index (χ2n) is 7.41. The third-order valence-electron chi connectivity index (χ3n) is 5.22. The lowest BCUT2D eigenvalue weighted by molar-refractivity contribution is -0.139. The van der Waals surface area contributed by atoms with Crippen molar-refractivity contribution in [3.63, 3.8) is 0 Å². The number of amides is 1. The molecular formula is C20H20F3N3O2. The van der Waals surface area contributed by atoms with Crippen LogP contribution in [-0.4, -0.2) is 33.7 Å². The highest BCUT2D eigenvalue weighted by Gasteiger charge is 2.37. The normalized spacial score (nSPS) is 17.2. The average Bonchev–Trinajstić information content (AvgIpc) is 3.36. The van der Waals surface area contributed by atoms with Crippen LogP contribution in [0.25, 0.3) is 0 Å². The lowest BCUT2D eigenvalue weighted by Gasteiger charge is -2.15. The Balaban J connectivity index is 1.59. The molecule has 5 nitrogen and oxygen atoms in total. The number of hydrogen-bond donors (Lipinski definition) is 0. The Labute approximate surface area is 159 Å². The molecule has 2 fully saturated rings. The van der Waals surface area contributed by atoms with E-state index in [4.69, 9.17) is 0 Å². The van der Waals surface area contributed by atoms with Crippen molar-refractivity contribution < 1.29 is 18.0 Å². The Bertz CT molecular complexity index is 941. The molecule has 4 rings (SSSR count). The van der Waals surface area contributed by atoms with Crippen molar-refractivity contribution in [3.05, 3.63) is 63.1 Å². The minimum Gasteiger partial charge on any atom is -0.339 e. The van der Waals surface area contributed by atoms with E-state index in [-0.39, 0.29) is 18.4 Å². The molecule has 1 aromatic carbocycles. The SMILES string of the molecule is O=C(c1ccc(Cn2nc(C3CC3)cc(C(F)(F)F)c2=O)cc1)N1CCCC1. The molecule has 1 amide bonds. The van der Waals surface area contributed by atoms with Crippen LogP contribution in [0, 0.1) is 0 Å². The van der Waals surface area contributed by atoms with Crippen LogP contribution in [0.15, 0.2) is 35.1 Å².